The van der Waals surface area contributed by atoms with E-state index in [-0.39, 0.29) is 5.91 Å². The van der Waals surface area contributed by atoms with Crippen LogP contribution in [0.25, 0.3) is 11.3 Å². The molecule has 1 amide bonds. The summed E-state index contributed by atoms with van der Waals surface area (Å²) < 4.78 is 1.58. The van der Waals surface area contributed by atoms with Gasteiger partial charge in [-0.1, -0.05) is 6.07 Å². The Morgan fingerprint density at radius 1 is 1.26 bits per heavy atom. The topological polar surface area (TPSA) is 72.7 Å². The van der Waals surface area contributed by atoms with Gasteiger partial charge < -0.3 is 5.32 Å². The Kier molecular flexibility index (Phi) is 4.14. The number of aryl methyl sites for hydroxylation is 2. The van der Waals surface area contributed by atoms with Gasteiger partial charge in [0.25, 0.3) is 5.91 Å². The molecule has 0 aromatic carbocycles. The van der Waals surface area contributed by atoms with Crippen molar-refractivity contribution >= 4 is 5.91 Å². The molecule has 0 radical (unpaired) electrons. The summed E-state index contributed by atoms with van der Waals surface area (Å²) in [5.41, 5.74) is 4.12. The Hall–Kier alpha value is -3.02. The molecule has 0 unspecified atom stereocenters. The molecule has 116 valence electrons. The molecule has 6 heteroatoms. The molecule has 0 aliphatic carbocycles. The number of carbonyl (C=O) groups excluding carboxylic acids is 1. The van der Waals surface area contributed by atoms with Gasteiger partial charge in [-0.05, 0) is 36.8 Å². The van der Waals surface area contributed by atoms with Crippen molar-refractivity contribution in [1.82, 2.24) is 25.1 Å². The van der Waals surface area contributed by atoms with Crippen LogP contribution in [0.5, 0.6) is 0 Å². The van der Waals surface area contributed by atoms with E-state index in [9.17, 15) is 4.79 Å². The van der Waals surface area contributed by atoms with Crippen LogP contribution in [-0.4, -0.2) is 25.7 Å². The minimum Gasteiger partial charge on any atom is -0.347 e. The molecular weight excluding hydrogens is 290 g/mol. The van der Waals surface area contributed by atoms with Crippen molar-refractivity contribution in [1.29, 1.82) is 0 Å². The van der Waals surface area contributed by atoms with E-state index >= 15 is 0 Å². The predicted octanol–water partition coefficient (Wildman–Crippen LogP) is 2.12. The molecule has 0 spiro atoms. The fourth-order valence-corrected chi connectivity index (χ4v) is 2.31. The first-order valence-corrected chi connectivity index (χ1v) is 7.27. The van der Waals surface area contributed by atoms with Crippen molar-refractivity contribution in [2.75, 3.05) is 0 Å². The average Bonchev–Trinajstić information content (AvgIpc) is 2.92. The summed E-state index contributed by atoms with van der Waals surface area (Å²) in [6.45, 7) is 2.28. The van der Waals surface area contributed by atoms with Gasteiger partial charge in [-0.15, -0.1) is 0 Å². The number of carbonyl (C=O) groups is 1. The van der Waals surface area contributed by atoms with Gasteiger partial charge in [0.2, 0.25) is 0 Å². The number of nitrogens with zero attached hydrogens (tertiary/aromatic N) is 4. The monoisotopic (exact) mass is 307 g/mol. The molecule has 0 saturated heterocycles. The normalized spacial score (nSPS) is 10.5. The quantitative estimate of drug-likeness (QED) is 0.801. The molecule has 6 nitrogen and oxygen atoms in total. The number of aromatic nitrogens is 4. The van der Waals surface area contributed by atoms with Gasteiger partial charge in [0, 0.05) is 37.7 Å². The SMILES string of the molecule is Cc1cc(C(=O)NCc2ccc(-c3cccnc3)nc2)n(C)n1. The Labute approximate surface area is 134 Å². The van der Waals surface area contributed by atoms with E-state index in [4.69, 9.17) is 0 Å². The molecule has 1 N–H and O–H groups in total. The summed E-state index contributed by atoms with van der Waals surface area (Å²) in [6.07, 6.45) is 5.26. The van der Waals surface area contributed by atoms with E-state index in [1.54, 1.807) is 36.4 Å². The Balaban J connectivity index is 1.65. The highest BCUT2D eigenvalue weighted by molar-refractivity contribution is 5.92. The number of nitrogens with one attached hydrogen (secondary N) is 1. The molecule has 0 fully saturated rings. The fourth-order valence-electron chi connectivity index (χ4n) is 2.31. The molecule has 23 heavy (non-hydrogen) atoms. The highest BCUT2D eigenvalue weighted by atomic mass is 16.2. The maximum Gasteiger partial charge on any atom is 0.269 e. The van der Waals surface area contributed by atoms with E-state index in [0.29, 0.717) is 12.2 Å². The van der Waals surface area contributed by atoms with E-state index in [2.05, 4.69) is 20.4 Å². The second kappa shape index (κ2) is 6.39. The van der Waals surface area contributed by atoms with Crippen LogP contribution in [0.3, 0.4) is 0 Å². The molecule has 0 aliphatic rings. The summed E-state index contributed by atoms with van der Waals surface area (Å²) in [5, 5.41) is 7.05. The minimum atomic E-state index is -0.149. The largest absolute Gasteiger partial charge is 0.347 e. The number of hydrogen-bond donors (Lipinski definition) is 1. The van der Waals surface area contributed by atoms with Gasteiger partial charge in [-0.3, -0.25) is 19.4 Å². The molecule has 3 aromatic rings. The lowest BCUT2D eigenvalue weighted by Crippen LogP contribution is -2.25. The molecule has 3 rings (SSSR count). The maximum atomic E-state index is 12.1. The summed E-state index contributed by atoms with van der Waals surface area (Å²) >= 11 is 0. The van der Waals surface area contributed by atoms with Crippen molar-refractivity contribution in [3.63, 3.8) is 0 Å². The van der Waals surface area contributed by atoms with Crippen molar-refractivity contribution < 1.29 is 4.79 Å². The smallest absolute Gasteiger partial charge is 0.269 e. The van der Waals surface area contributed by atoms with Crippen molar-refractivity contribution in [2.24, 2.45) is 7.05 Å². The lowest BCUT2D eigenvalue weighted by Gasteiger charge is -2.06. The summed E-state index contributed by atoms with van der Waals surface area (Å²) in [6, 6.07) is 9.47. The number of hydrogen-bond acceptors (Lipinski definition) is 4. The molecule has 3 heterocycles. The molecule has 0 bridgehead atoms. The first-order valence-electron chi connectivity index (χ1n) is 7.27. The van der Waals surface area contributed by atoms with Crippen LogP contribution in [-0.2, 0) is 13.6 Å². The van der Waals surface area contributed by atoms with Crippen LogP contribution in [0.2, 0.25) is 0 Å². The van der Waals surface area contributed by atoms with Gasteiger partial charge in [0.15, 0.2) is 0 Å². The highest BCUT2D eigenvalue weighted by Crippen LogP contribution is 2.15. The van der Waals surface area contributed by atoms with Crippen LogP contribution >= 0.6 is 0 Å². The second-order valence-corrected chi connectivity index (χ2v) is 5.27. The van der Waals surface area contributed by atoms with Crippen LogP contribution in [0.4, 0.5) is 0 Å². The van der Waals surface area contributed by atoms with Crippen molar-refractivity contribution in [2.45, 2.75) is 13.5 Å². The predicted molar refractivity (Wildman–Crippen MR) is 86.6 cm³/mol. The van der Waals surface area contributed by atoms with Crippen molar-refractivity contribution in [3.05, 3.63) is 65.9 Å². The fraction of sp³-hybridized carbons (Fsp3) is 0.176. The molecule has 3 aromatic heterocycles. The van der Waals surface area contributed by atoms with Crippen LogP contribution in [0.15, 0.2) is 48.9 Å². The van der Waals surface area contributed by atoms with Gasteiger partial charge in [0.05, 0.1) is 11.4 Å². The van der Waals surface area contributed by atoms with E-state index < -0.39 is 0 Å². The van der Waals surface area contributed by atoms with E-state index in [1.165, 1.54) is 0 Å². The van der Waals surface area contributed by atoms with E-state index in [0.717, 1.165) is 22.5 Å². The standard InChI is InChI=1S/C17H17N5O/c1-12-8-16(22(2)21-12)17(23)20-10-13-5-6-15(19-9-13)14-4-3-7-18-11-14/h3-9,11H,10H2,1-2H3,(H,20,23). The van der Waals surface area contributed by atoms with Crippen LogP contribution in [0, 0.1) is 6.92 Å². The lowest BCUT2D eigenvalue weighted by molar-refractivity contribution is 0.0941. The van der Waals surface area contributed by atoms with Gasteiger partial charge >= 0.3 is 0 Å². The molecule has 0 aliphatic heterocycles. The third-order valence-electron chi connectivity index (χ3n) is 3.47. The molecule has 0 saturated carbocycles. The Bertz CT molecular complexity index is 809. The third kappa shape index (κ3) is 3.42. The number of pyridine rings is 2. The first-order chi connectivity index (χ1) is 11.1. The minimum absolute atomic E-state index is 0.149. The Morgan fingerprint density at radius 2 is 2.13 bits per heavy atom. The van der Waals surface area contributed by atoms with Crippen LogP contribution < -0.4 is 5.32 Å². The molecular formula is C17H17N5O. The zero-order valence-electron chi connectivity index (χ0n) is 13.0. The first kappa shape index (κ1) is 14.9. The second-order valence-electron chi connectivity index (χ2n) is 5.27. The summed E-state index contributed by atoms with van der Waals surface area (Å²) in [4.78, 5) is 20.6. The number of amides is 1. The lowest BCUT2D eigenvalue weighted by atomic mass is 10.1. The Morgan fingerprint density at radius 3 is 2.74 bits per heavy atom. The molecule has 0 atom stereocenters. The highest BCUT2D eigenvalue weighted by Gasteiger charge is 2.11. The van der Waals surface area contributed by atoms with Gasteiger partial charge in [0.1, 0.15) is 5.69 Å². The van der Waals surface area contributed by atoms with Gasteiger partial charge in [-0.25, -0.2) is 0 Å². The zero-order valence-corrected chi connectivity index (χ0v) is 13.0. The zero-order chi connectivity index (χ0) is 16.2. The van der Waals surface area contributed by atoms with Crippen LogP contribution in [0.1, 0.15) is 21.7 Å². The van der Waals surface area contributed by atoms with E-state index in [1.807, 2.05) is 31.2 Å². The van der Waals surface area contributed by atoms with Crippen molar-refractivity contribution in [3.8, 4) is 11.3 Å². The maximum absolute atomic E-state index is 12.1. The summed E-state index contributed by atoms with van der Waals surface area (Å²) in [7, 11) is 1.76. The average molecular weight is 307 g/mol. The van der Waals surface area contributed by atoms with Gasteiger partial charge in [-0.2, -0.15) is 5.10 Å². The third-order valence-corrected chi connectivity index (χ3v) is 3.47. The summed E-state index contributed by atoms with van der Waals surface area (Å²) in [5.74, 6) is -0.149. The number of rotatable bonds is 4.